The summed E-state index contributed by atoms with van der Waals surface area (Å²) in [6.45, 7) is 0.996. The van der Waals surface area contributed by atoms with Crippen LogP contribution in [0.15, 0.2) is 49.1 Å². The predicted molar refractivity (Wildman–Crippen MR) is 119 cm³/mol. The highest BCUT2D eigenvalue weighted by molar-refractivity contribution is 5.82. The van der Waals surface area contributed by atoms with Gasteiger partial charge in [0.25, 0.3) is 0 Å². The number of aromatic nitrogens is 4. The minimum Gasteiger partial charge on any atom is -0.388 e. The molecule has 7 heteroatoms. The Bertz CT molecular complexity index is 1250. The molecule has 0 spiro atoms. The van der Waals surface area contributed by atoms with Crippen molar-refractivity contribution < 1.29 is 9.84 Å². The molecular formula is C24H25N5O2. The molecule has 0 saturated carbocycles. The van der Waals surface area contributed by atoms with E-state index in [1.165, 1.54) is 22.8 Å². The first-order valence-electron chi connectivity index (χ1n) is 11.0. The summed E-state index contributed by atoms with van der Waals surface area (Å²) in [7, 11) is 0. The van der Waals surface area contributed by atoms with Crippen molar-refractivity contribution in [2.24, 2.45) is 0 Å². The molecule has 31 heavy (non-hydrogen) atoms. The summed E-state index contributed by atoms with van der Waals surface area (Å²) < 4.78 is 8.15. The van der Waals surface area contributed by atoms with E-state index in [1.807, 2.05) is 16.8 Å². The van der Waals surface area contributed by atoms with E-state index in [9.17, 15) is 5.11 Å². The highest BCUT2D eigenvalue weighted by Crippen LogP contribution is 2.33. The summed E-state index contributed by atoms with van der Waals surface area (Å²) in [6, 6.07) is 10.8. The Kier molecular flexibility index (Phi) is 4.58. The van der Waals surface area contributed by atoms with Crippen LogP contribution >= 0.6 is 0 Å². The van der Waals surface area contributed by atoms with E-state index < -0.39 is 12.3 Å². The molecule has 1 fully saturated rings. The summed E-state index contributed by atoms with van der Waals surface area (Å²) in [5, 5.41) is 16.2. The standard InChI is InChI=1S/C24H25N5O2/c30-21-12-19(31-24(21)29-9-7-18-13-25-14-27-23(18)29)6-4-15-3-5-16-11-17-2-1-8-26-22(17)28-20(16)10-15/h3,5,7,9-11,13-14,19,21,24,30H,1-2,4,6,8,12H2,(H,26,28)/t19-,21-,24-/m1/s1. The van der Waals surface area contributed by atoms with Crippen molar-refractivity contribution in [1.29, 1.82) is 0 Å². The molecule has 0 amide bonds. The van der Waals surface area contributed by atoms with Gasteiger partial charge in [-0.25, -0.2) is 15.0 Å². The quantitative estimate of drug-likeness (QED) is 0.530. The Hall–Kier alpha value is -3.03. The summed E-state index contributed by atoms with van der Waals surface area (Å²) in [5.41, 5.74) is 4.39. The maximum Gasteiger partial charge on any atom is 0.161 e. The van der Waals surface area contributed by atoms with Crippen LogP contribution in [0.25, 0.3) is 21.9 Å². The normalized spacial score (nSPS) is 23.2. The zero-order valence-electron chi connectivity index (χ0n) is 17.2. The Morgan fingerprint density at radius 1 is 1.19 bits per heavy atom. The molecule has 2 aliphatic rings. The van der Waals surface area contributed by atoms with Crippen molar-refractivity contribution in [2.75, 3.05) is 11.9 Å². The van der Waals surface area contributed by atoms with Crippen molar-refractivity contribution >= 4 is 27.8 Å². The van der Waals surface area contributed by atoms with Gasteiger partial charge in [-0.3, -0.25) is 0 Å². The van der Waals surface area contributed by atoms with Crippen LogP contribution in [0.2, 0.25) is 0 Å². The number of aliphatic hydroxyl groups excluding tert-OH is 1. The van der Waals surface area contributed by atoms with E-state index in [0.717, 1.165) is 54.6 Å². The molecule has 2 N–H and O–H groups in total. The van der Waals surface area contributed by atoms with Crippen LogP contribution in [-0.4, -0.2) is 43.4 Å². The first kappa shape index (κ1) is 18.7. The molecule has 1 saturated heterocycles. The molecule has 3 atom stereocenters. The number of anilines is 1. The molecule has 2 aliphatic heterocycles. The number of hydrogen-bond acceptors (Lipinski definition) is 6. The van der Waals surface area contributed by atoms with Gasteiger partial charge in [0.2, 0.25) is 0 Å². The predicted octanol–water partition coefficient (Wildman–Crippen LogP) is 3.62. The van der Waals surface area contributed by atoms with E-state index in [2.05, 4.69) is 39.6 Å². The second-order valence-electron chi connectivity index (χ2n) is 8.57. The number of rotatable bonds is 4. The van der Waals surface area contributed by atoms with Gasteiger partial charge in [-0.1, -0.05) is 12.1 Å². The van der Waals surface area contributed by atoms with Gasteiger partial charge in [0.15, 0.2) is 6.23 Å². The lowest BCUT2D eigenvalue weighted by atomic mass is 10.0. The SMILES string of the molecule is O[C@@H]1C[C@@H](CCc2ccc3cc4c(nc3c2)NCCC4)O[C@H]1n1ccc2cncnc21. The van der Waals surface area contributed by atoms with Gasteiger partial charge >= 0.3 is 0 Å². The summed E-state index contributed by atoms with van der Waals surface area (Å²) >= 11 is 0. The number of benzene rings is 1. The van der Waals surface area contributed by atoms with Gasteiger partial charge < -0.3 is 19.7 Å². The lowest BCUT2D eigenvalue weighted by Gasteiger charge is -2.18. The van der Waals surface area contributed by atoms with E-state index in [4.69, 9.17) is 9.72 Å². The van der Waals surface area contributed by atoms with Gasteiger partial charge in [-0.2, -0.15) is 0 Å². The number of fused-ring (bicyclic) bond motifs is 3. The average molecular weight is 415 g/mol. The number of nitrogens with one attached hydrogen (secondary N) is 1. The number of hydrogen-bond donors (Lipinski definition) is 2. The van der Waals surface area contributed by atoms with E-state index >= 15 is 0 Å². The molecule has 5 heterocycles. The number of aryl methyl sites for hydroxylation is 2. The highest BCUT2D eigenvalue weighted by atomic mass is 16.5. The van der Waals surface area contributed by atoms with Gasteiger partial charge in [0.1, 0.15) is 23.9 Å². The fourth-order valence-electron chi connectivity index (χ4n) is 4.84. The lowest BCUT2D eigenvalue weighted by molar-refractivity contribution is -0.0363. The maximum absolute atomic E-state index is 10.6. The molecule has 7 nitrogen and oxygen atoms in total. The summed E-state index contributed by atoms with van der Waals surface area (Å²) in [5.74, 6) is 1.03. The van der Waals surface area contributed by atoms with Crippen LogP contribution in [0.4, 0.5) is 5.82 Å². The highest BCUT2D eigenvalue weighted by Gasteiger charge is 2.35. The third kappa shape index (κ3) is 3.43. The number of aliphatic hydroxyl groups is 1. The molecule has 6 rings (SSSR count). The second kappa shape index (κ2) is 7.59. The van der Waals surface area contributed by atoms with Crippen LogP contribution < -0.4 is 5.32 Å². The van der Waals surface area contributed by atoms with Crippen molar-refractivity contribution in [3.05, 3.63) is 60.2 Å². The molecule has 0 unspecified atom stereocenters. The van der Waals surface area contributed by atoms with Crippen molar-refractivity contribution in [2.45, 2.75) is 50.5 Å². The molecule has 4 aromatic rings. The Morgan fingerprint density at radius 2 is 2.16 bits per heavy atom. The molecule has 0 radical (unpaired) electrons. The fraction of sp³-hybridized carbons (Fsp3) is 0.375. The Balaban J connectivity index is 1.16. The van der Waals surface area contributed by atoms with Gasteiger partial charge in [0.05, 0.1) is 11.6 Å². The molecule has 0 aliphatic carbocycles. The van der Waals surface area contributed by atoms with Gasteiger partial charge in [-0.15, -0.1) is 0 Å². The van der Waals surface area contributed by atoms with Crippen LogP contribution in [0.3, 0.4) is 0 Å². The van der Waals surface area contributed by atoms with E-state index in [1.54, 1.807) is 6.20 Å². The fourth-order valence-corrected chi connectivity index (χ4v) is 4.84. The monoisotopic (exact) mass is 415 g/mol. The third-order valence-corrected chi connectivity index (χ3v) is 6.45. The van der Waals surface area contributed by atoms with Crippen LogP contribution in [0.5, 0.6) is 0 Å². The minimum absolute atomic E-state index is 0.00754. The zero-order chi connectivity index (χ0) is 20.8. The van der Waals surface area contributed by atoms with Crippen molar-refractivity contribution in [3.63, 3.8) is 0 Å². The van der Waals surface area contributed by atoms with Crippen molar-refractivity contribution in [1.82, 2.24) is 19.5 Å². The summed E-state index contributed by atoms with van der Waals surface area (Å²) in [4.78, 5) is 13.3. The third-order valence-electron chi connectivity index (χ3n) is 6.45. The Morgan fingerprint density at radius 3 is 3.13 bits per heavy atom. The van der Waals surface area contributed by atoms with E-state index in [-0.39, 0.29) is 6.10 Å². The number of ether oxygens (including phenoxy) is 1. The summed E-state index contributed by atoms with van der Waals surface area (Å²) in [6.07, 6.45) is 8.90. The van der Waals surface area contributed by atoms with Crippen LogP contribution in [-0.2, 0) is 17.6 Å². The second-order valence-corrected chi connectivity index (χ2v) is 8.57. The lowest BCUT2D eigenvalue weighted by Crippen LogP contribution is -2.19. The Labute approximate surface area is 180 Å². The number of nitrogens with zero attached hydrogens (tertiary/aromatic N) is 4. The van der Waals surface area contributed by atoms with Crippen LogP contribution in [0, 0.1) is 0 Å². The largest absolute Gasteiger partial charge is 0.388 e. The number of pyridine rings is 1. The minimum atomic E-state index is -0.550. The molecule has 3 aromatic heterocycles. The smallest absolute Gasteiger partial charge is 0.161 e. The first-order valence-corrected chi connectivity index (χ1v) is 11.0. The van der Waals surface area contributed by atoms with Gasteiger partial charge in [-0.05, 0) is 55.0 Å². The zero-order valence-corrected chi connectivity index (χ0v) is 17.2. The van der Waals surface area contributed by atoms with Crippen LogP contribution in [0.1, 0.15) is 36.6 Å². The molecular weight excluding hydrogens is 390 g/mol. The van der Waals surface area contributed by atoms with Gasteiger partial charge in [0, 0.05) is 36.1 Å². The average Bonchev–Trinajstić information content (AvgIpc) is 3.39. The van der Waals surface area contributed by atoms with Crippen molar-refractivity contribution in [3.8, 4) is 0 Å². The molecule has 0 bridgehead atoms. The molecule has 158 valence electrons. The maximum atomic E-state index is 10.6. The topological polar surface area (TPSA) is 85.1 Å². The molecule has 1 aromatic carbocycles. The first-order chi connectivity index (χ1) is 15.2. The van der Waals surface area contributed by atoms with E-state index in [0.29, 0.717) is 6.42 Å².